The fourth-order valence-electron chi connectivity index (χ4n) is 4.39. The van der Waals surface area contributed by atoms with Gasteiger partial charge in [0, 0.05) is 4.88 Å². The molecule has 4 amide bonds. The Bertz CT molecular complexity index is 1140. The zero-order valence-electron chi connectivity index (χ0n) is 19.1. The number of carbonyl (C=O) groups excluding carboxylic acids is 4. The van der Waals surface area contributed by atoms with Gasteiger partial charge in [0.1, 0.15) is 17.1 Å². The summed E-state index contributed by atoms with van der Waals surface area (Å²) < 4.78 is 4.95. The number of esters is 1. The van der Waals surface area contributed by atoms with Gasteiger partial charge in [0.15, 0.2) is 0 Å². The molecule has 2 aromatic rings. The third kappa shape index (κ3) is 4.13. The van der Waals surface area contributed by atoms with Crippen LogP contribution in [0, 0.1) is 12.8 Å². The molecule has 1 aliphatic heterocycles. The number of amides is 4. The first-order valence-electron chi connectivity index (χ1n) is 10.9. The van der Waals surface area contributed by atoms with Crippen molar-refractivity contribution in [1.29, 1.82) is 0 Å². The summed E-state index contributed by atoms with van der Waals surface area (Å²) in [6, 6.07) is 6.67. The van der Waals surface area contributed by atoms with Crippen LogP contribution in [0.4, 0.5) is 9.80 Å². The Morgan fingerprint density at radius 3 is 2.64 bits per heavy atom. The van der Waals surface area contributed by atoms with Gasteiger partial charge in [0.25, 0.3) is 5.91 Å². The summed E-state index contributed by atoms with van der Waals surface area (Å²) in [5.74, 6) is -1.06. The standard InChI is InChI=1S/C24H27N3O5S/c1-13-5-8-15(9-6-13)24(3)22(30)27(23(31)26-24)12-18(28)25-20-19(21(29)32-4)16-10-7-14(2)11-17(16)33-20/h5-6,8-9,14H,7,10-12H2,1-4H3,(H,25,28)(H,26,31)/t14-,24-/m0/s1. The fourth-order valence-corrected chi connectivity index (χ4v) is 5.80. The molecule has 33 heavy (non-hydrogen) atoms. The predicted octanol–water partition coefficient (Wildman–Crippen LogP) is 3.37. The highest BCUT2D eigenvalue weighted by Gasteiger charge is 2.49. The van der Waals surface area contributed by atoms with E-state index in [9.17, 15) is 19.2 Å². The molecule has 1 aromatic heterocycles. The van der Waals surface area contributed by atoms with Crippen LogP contribution in [0.3, 0.4) is 0 Å². The lowest BCUT2D eigenvalue weighted by Gasteiger charge is -2.22. The fraction of sp³-hybridized carbons (Fsp3) is 0.417. The van der Waals surface area contributed by atoms with Crippen molar-refractivity contribution < 1.29 is 23.9 Å². The molecule has 2 atom stereocenters. The minimum atomic E-state index is -1.25. The minimum absolute atomic E-state index is 0.374. The number of hydrogen-bond acceptors (Lipinski definition) is 6. The number of benzene rings is 1. The van der Waals surface area contributed by atoms with Crippen LogP contribution in [0.1, 0.15) is 52.2 Å². The second-order valence-electron chi connectivity index (χ2n) is 8.91. The molecular formula is C24H27N3O5S. The van der Waals surface area contributed by atoms with Crippen LogP contribution in [-0.2, 0) is 32.7 Å². The maximum Gasteiger partial charge on any atom is 0.341 e. The van der Waals surface area contributed by atoms with E-state index in [1.165, 1.54) is 18.4 Å². The number of imide groups is 1. The molecule has 2 N–H and O–H groups in total. The van der Waals surface area contributed by atoms with Crippen molar-refractivity contribution in [3.63, 3.8) is 0 Å². The highest BCUT2D eigenvalue weighted by molar-refractivity contribution is 7.17. The number of fused-ring (bicyclic) bond motifs is 1. The van der Waals surface area contributed by atoms with Gasteiger partial charge >= 0.3 is 12.0 Å². The number of ether oxygens (including phenoxy) is 1. The third-order valence-corrected chi connectivity index (χ3v) is 7.53. The summed E-state index contributed by atoms with van der Waals surface area (Å²) in [6.07, 6.45) is 2.54. The van der Waals surface area contributed by atoms with Crippen LogP contribution in [0.2, 0.25) is 0 Å². The van der Waals surface area contributed by atoms with E-state index in [2.05, 4.69) is 17.6 Å². The van der Waals surface area contributed by atoms with E-state index in [1.807, 2.05) is 19.1 Å². The highest BCUT2D eigenvalue weighted by Crippen LogP contribution is 2.40. The molecule has 1 saturated heterocycles. The molecular weight excluding hydrogens is 442 g/mol. The summed E-state index contributed by atoms with van der Waals surface area (Å²) in [6.45, 7) is 5.26. The van der Waals surface area contributed by atoms with Crippen molar-refractivity contribution in [2.75, 3.05) is 19.0 Å². The molecule has 0 unspecified atom stereocenters. The SMILES string of the molecule is COC(=O)c1c(NC(=O)CN2C(=O)N[C@@](C)(c3ccc(C)cc3)C2=O)sc2c1CC[C@H](C)C2. The molecule has 1 aromatic carbocycles. The van der Waals surface area contributed by atoms with E-state index in [4.69, 9.17) is 4.74 Å². The van der Waals surface area contributed by atoms with Gasteiger partial charge in [-0.25, -0.2) is 9.59 Å². The molecule has 1 fully saturated rings. The second kappa shape index (κ2) is 8.62. The quantitative estimate of drug-likeness (QED) is 0.516. The van der Waals surface area contributed by atoms with E-state index < -0.39 is 35.9 Å². The van der Waals surface area contributed by atoms with Crippen LogP contribution in [0.5, 0.6) is 0 Å². The first-order chi connectivity index (χ1) is 15.6. The molecule has 0 bridgehead atoms. The van der Waals surface area contributed by atoms with Gasteiger partial charge < -0.3 is 15.4 Å². The van der Waals surface area contributed by atoms with Gasteiger partial charge in [-0.05, 0) is 50.2 Å². The van der Waals surface area contributed by atoms with Gasteiger partial charge in [-0.2, -0.15) is 0 Å². The van der Waals surface area contributed by atoms with Crippen molar-refractivity contribution in [2.24, 2.45) is 5.92 Å². The number of nitrogens with zero attached hydrogens (tertiary/aromatic N) is 1. The van der Waals surface area contributed by atoms with Crippen molar-refractivity contribution in [3.8, 4) is 0 Å². The normalized spacial score (nSPS) is 22.1. The predicted molar refractivity (Wildman–Crippen MR) is 124 cm³/mol. The van der Waals surface area contributed by atoms with Crippen molar-refractivity contribution in [2.45, 2.75) is 45.6 Å². The van der Waals surface area contributed by atoms with E-state index in [-0.39, 0.29) is 0 Å². The molecule has 0 saturated carbocycles. The Morgan fingerprint density at radius 2 is 1.97 bits per heavy atom. The second-order valence-corrected chi connectivity index (χ2v) is 10.0. The number of aryl methyl sites for hydroxylation is 1. The lowest BCUT2D eigenvalue weighted by Crippen LogP contribution is -2.42. The van der Waals surface area contributed by atoms with Crippen molar-refractivity contribution in [1.82, 2.24) is 10.2 Å². The Balaban J connectivity index is 1.54. The van der Waals surface area contributed by atoms with Crippen LogP contribution < -0.4 is 10.6 Å². The molecule has 4 rings (SSSR count). The first-order valence-corrected chi connectivity index (χ1v) is 11.7. The van der Waals surface area contributed by atoms with Crippen LogP contribution in [-0.4, -0.2) is 42.4 Å². The Morgan fingerprint density at radius 1 is 1.27 bits per heavy atom. The first kappa shape index (κ1) is 23.0. The van der Waals surface area contributed by atoms with Gasteiger partial charge in [-0.3, -0.25) is 14.5 Å². The van der Waals surface area contributed by atoms with Crippen molar-refractivity contribution >= 4 is 40.2 Å². The van der Waals surface area contributed by atoms with Gasteiger partial charge in [0.2, 0.25) is 5.91 Å². The maximum atomic E-state index is 13.1. The molecule has 1 aliphatic carbocycles. The molecule has 2 aliphatic rings. The molecule has 0 radical (unpaired) electrons. The molecule has 9 heteroatoms. The number of methoxy groups -OCH3 is 1. The number of rotatable bonds is 5. The van der Waals surface area contributed by atoms with E-state index >= 15 is 0 Å². The summed E-state index contributed by atoms with van der Waals surface area (Å²) in [7, 11) is 1.31. The molecule has 8 nitrogen and oxygen atoms in total. The van der Waals surface area contributed by atoms with E-state index in [0.29, 0.717) is 22.0 Å². The lowest BCUT2D eigenvalue weighted by atomic mass is 9.88. The third-order valence-electron chi connectivity index (χ3n) is 6.36. The summed E-state index contributed by atoms with van der Waals surface area (Å²) in [4.78, 5) is 53.0. The molecule has 2 heterocycles. The Labute approximate surface area is 196 Å². The average Bonchev–Trinajstić information content (AvgIpc) is 3.22. The lowest BCUT2D eigenvalue weighted by molar-refractivity contribution is -0.133. The zero-order valence-corrected chi connectivity index (χ0v) is 19.9. The average molecular weight is 470 g/mol. The number of urea groups is 1. The van der Waals surface area contributed by atoms with E-state index in [0.717, 1.165) is 40.2 Å². The number of nitrogens with one attached hydrogen (secondary N) is 2. The maximum absolute atomic E-state index is 13.1. The van der Waals surface area contributed by atoms with E-state index in [1.54, 1.807) is 19.1 Å². The van der Waals surface area contributed by atoms with Crippen LogP contribution >= 0.6 is 11.3 Å². The summed E-state index contributed by atoms with van der Waals surface area (Å²) in [5.41, 5.74) is 1.72. The number of anilines is 1. The van der Waals surface area contributed by atoms with Crippen LogP contribution in [0.15, 0.2) is 24.3 Å². The monoisotopic (exact) mass is 469 g/mol. The van der Waals surface area contributed by atoms with Gasteiger partial charge in [-0.15, -0.1) is 11.3 Å². The largest absolute Gasteiger partial charge is 0.465 e. The summed E-state index contributed by atoms with van der Waals surface area (Å²) >= 11 is 1.36. The number of hydrogen-bond donors (Lipinski definition) is 2. The molecule has 174 valence electrons. The number of thiophene rings is 1. The van der Waals surface area contributed by atoms with Gasteiger partial charge in [0.05, 0.1) is 12.7 Å². The summed E-state index contributed by atoms with van der Waals surface area (Å²) in [5, 5.41) is 5.85. The van der Waals surface area contributed by atoms with Crippen molar-refractivity contribution in [3.05, 3.63) is 51.4 Å². The smallest absolute Gasteiger partial charge is 0.341 e. The Hall–Kier alpha value is -3.20. The van der Waals surface area contributed by atoms with Crippen LogP contribution in [0.25, 0.3) is 0 Å². The zero-order chi connectivity index (χ0) is 23.9. The highest BCUT2D eigenvalue weighted by atomic mass is 32.1. The molecule has 0 spiro atoms. The number of carbonyl (C=O) groups is 4. The topological polar surface area (TPSA) is 105 Å². The van der Waals surface area contributed by atoms with Gasteiger partial charge in [-0.1, -0.05) is 36.8 Å². The minimum Gasteiger partial charge on any atom is -0.465 e. The Kier molecular flexibility index (Phi) is 6.00.